The van der Waals surface area contributed by atoms with Crippen molar-refractivity contribution >= 4 is 13.4 Å². The second-order valence-corrected chi connectivity index (χ2v) is 8.56. The number of pyridine rings is 1. The van der Waals surface area contributed by atoms with Crippen molar-refractivity contribution in [3.63, 3.8) is 0 Å². The van der Waals surface area contributed by atoms with E-state index >= 15 is 0 Å². The van der Waals surface area contributed by atoms with E-state index in [1.54, 1.807) is 13.8 Å². The molecule has 8 heteroatoms. The van der Waals surface area contributed by atoms with Crippen molar-refractivity contribution in [3.05, 3.63) is 64.1 Å². The number of aromatic amines is 1. The number of unbranched alkanes of at least 4 members (excludes halogenated alkanes) is 1. The number of carbonyl (C=O) groups excluding carboxylic acids is 1. The lowest BCUT2D eigenvalue weighted by Crippen LogP contribution is -2.15. The van der Waals surface area contributed by atoms with Crippen molar-refractivity contribution in [2.45, 2.75) is 39.7 Å². The molecule has 0 aliphatic rings. The fourth-order valence-electron chi connectivity index (χ4n) is 2.82. The molecule has 1 heterocycles. The van der Waals surface area contributed by atoms with E-state index in [0.717, 1.165) is 5.56 Å². The largest absolute Gasteiger partial charge is 0.483 e. The Morgan fingerprint density at radius 3 is 2.38 bits per heavy atom. The topological polar surface area (TPSA) is 94.7 Å². The lowest BCUT2D eigenvalue weighted by Gasteiger charge is -2.16. The Balaban J connectivity index is 1.96. The maximum atomic E-state index is 12.6. The Labute approximate surface area is 170 Å². The van der Waals surface area contributed by atoms with Gasteiger partial charge in [0.05, 0.1) is 19.4 Å². The minimum absolute atomic E-state index is 0.0238. The van der Waals surface area contributed by atoms with Gasteiger partial charge in [-0.15, -0.1) is 0 Å². The maximum absolute atomic E-state index is 12.6. The number of H-pyrrole nitrogens is 1. The number of hydrogen-bond donors (Lipinski definition) is 1. The average Bonchev–Trinajstić information content (AvgIpc) is 2.71. The van der Waals surface area contributed by atoms with Crippen LogP contribution in [0.3, 0.4) is 0 Å². The molecule has 0 aliphatic heterocycles. The molecule has 0 spiro atoms. The first-order valence-electron chi connectivity index (χ1n) is 9.79. The number of hydrogen-bond acceptors (Lipinski definition) is 6. The number of ketones is 1. The van der Waals surface area contributed by atoms with Crippen molar-refractivity contribution in [1.82, 2.24) is 4.98 Å². The Kier molecular flexibility index (Phi) is 9.32. The smallest absolute Gasteiger partial charge is 0.330 e. The van der Waals surface area contributed by atoms with Gasteiger partial charge in [-0.3, -0.25) is 14.2 Å². The predicted octanol–water partition coefficient (Wildman–Crippen LogP) is 4.57. The van der Waals surface area contributed by atoms with Gasteiger partial charge in [0.25, 0.3) is 0 Å². The van der Waals surface area contributed by atoms with Crippen molar-refractivity contribution in [1.29, 1.82) is 0 Å². The summed E-state index contributed by atoms with van der Waals surface area (Å²) in [6.07, 6.45) is 2.90. The lowest BCUT2D eigenvalue weighted by molar-refractivity contribution is 0.0969. The highest BCUT2D eigenvalue weighted by molar-refractivity contribution is 7.53. The van der Waals surface area contributed by atoms with Crippen molar-refractivity contribution in [3.8, 4) is 5.75 Å². The molecule has 0 amide bonds. The predicted molar refractivity (Wildman–Crippen MR) is 112 cm³/mol. The monoisotopic (exact) mass is 421 g/mol. The number of ether oxygens (including phenoxy) is 1. The van der Waals surface area contributed by atoms with E-state index in [-0.39, 0.29) is 41.8 Å². The van der Waals surface area contributed by atoms with Gasteiger partial charge >= 0.3 is 7.60 Å². The van der Waals surface area contributed by atoms with Crippen molar-refractivity contribution in [2.75, 3.05) is 19.4 Å². The van der Waals surface area contributed by atoms with Gasteiger partial charge in [0.1, 0.15) is 12.3 Å². The van der Waals surface area contributed by atoms with Crippen LogP contribution in [-0.4, -0.2) is 30.1 Å². The molecule has 2 rings (SSSR count). The van der Waals surface area contributed by atoms with Crippen LogP contribution in [0.1, 0.15) is 49.2 Å². The number of benzene rings is 1. The van der Waals surface area contributed by atoms with E-state index in [4.69, 9.17) is 13.8 Å². The molecule has 7 nitrogen and oxygen atoms in total. The fraction of sp³-hybridized carbons (Fsp3) is 0.429. The van der Waals surface area contributed by atoms with Crippen LogP contribution in [0.2, 0.25) is 0 Å². The lowest BCUT2D eigenvalue weighted by atomic mass is 10.1. The average molecular weight is 421 g/mol. The van der Waals surface area contributed by atoms with Crippen LogP contribution in [0, 0.1) is 0 Å². The second-order valence-electron chi connectivity index (χ2n) is 6.37. The zero-order chi connectivity index (χ0) is 21.1. The summed E-state index contributed by atoms with van der Waals surface area (Å²) in [5.41, 5.74) is 0.711. The number of aromatic nitrogens is 1. The summed E-state index contributed by atoms with van der Waals surface area (Å²) in [5.74, 6) is -0.205. The third-order valence-corrected chi connectivity index (χ3v) is 6.32. The fourth-order valence-corrected chi connectivity index (χ4v) is 4.55. The third-order valence-electron chi connectivity index (χ3n) is 4.16. The SMILES string of the molecule is CCOP(=O)(CCCCC(=O)c1[nH]ccc(=O)c1OCc1ccccc1)OCC. The summed E-state index contributed by atoms with van der Waals surface area (Å²) in [6, 6.07) is 10.7. The van der Waals surface area contributed by atoms with E-state index in [1.807, 2.05) is 30.3 Å². The molecule has 0 unspecified atom stereocenters. The van der Waals surface area contributed by atoms with Gasteiger partial charge in [0.15, 0.2) is 11.5 Å². The van der Waals surface area contributed by atoms with Crippen LogP contribution in [-0.2, 0) is 20.2 Å². The summed E-state index contributed by atoms with van der Waals surface area (Å²) in [6.45, 7) is 4.34. The molecule has 29 heavy (non-hydrogen) atoms. The standard InChI is InChI=1S/C21H28NO6P/c1-3-27-29(25,28-4-2)15-9-8-12-18(23)20-21(19(24)13-14-22-20)26-16-17-10-6-5-7-11-17/h5-7,10-11,13-14H,3-4,8-9,12,15-16H2,1-2H3,(H,22,24). The maximum Gasteiger partial charge on any atom is 0.330 e. The van der Waals surface area contributed by atoms with E-state index in [0.29, 0.717) is 26.1 Å². The molecule has 0 atom stereocenters. The molecule has 158 valence electrons. The van der Waals surface area contributed by atoms with Gasteiger partial charge in [-0.1, -0.05) is 30.3 Å². The summed E-state index contributed by atoms with van der Waals surface area (Å²) in [5, 5.41) is 0. The number of rotatable bonds is 13. The molecule has 0 bridgehead atoms. The summed E-state index contributed by atoms with van der Waals surface area (Å²) in [7, 11) is -3.11. The molecule has 0 radical (unpaired) electrons. The van der Waals surface area contributed by atoms with Crippen molar-refractivity contribution < 1.29 is 23.1 Å². The molecule has 0 saturated carbocycles. The van der Waals surface area contributed by atoms with Gasteiger partial charge < -0.3 is 18.8 Å². The normalized spacial score (nSPS) is 11.4. The second kappa shape index (κ2) is 11.7. The first kappa shape index (κ1) is 23.1. The van der Waals surface area contributed by atoms with Crippen molar-refractivity contribution in [2.24, 2.45) is 0 Å². The Bertz CT molecular complexity index is 870. The van der Waals surface area contributed by atoms with Gasteiger partial charge in [0, 0.05) is 18.7 Å². The highest BCUT2D eigenvalue weighted by atomic mass is 31.2. The van der Waals surface area contributed by atoms with Crippen LogP contribution in [0.25, 0.3) is 0 Å². The molecule has 1 N–H and O–H groups in total. The van der Waals surface area contributed by atoms with E-state index in [1.165, 1.54) is 12.3 Å². The summed E-state index contributed by atoms with van der Waals surface area (Å²) >= 11 is 0. The van der Waals surface area contributed by atoms with Crippen LogP contribution in [0.15, 0.2) is 47.4 Å². The number of Topliss-reactive ketones (excluding diaryl/α,β-unsaturated/α-hetero) is 1. The van der Waals surface area contributed by atoms with Crippen LogP contribution < -0.4 is 10.2 Å². The first-order chi connectivity index (χ1) is 14.0. The highest BCUT2D eigenvalue weighted by Gasteiger charge is 2.23. The van der Waals surface area contributed by atoms with Gasteiger partial charge in [-0.05, 0) is 32.3 Å². The molecule has 0 aliphatic carbocycles. The molecular weight excluding hydrogens is 393 g/mol. The first-order valence-corrected chi connectivity index (χ1v) is 11.5. The molecule has 0 saturated heterocycles. The number of carbonyl (C=O) groups is 1. The van der Waals surface area contributed by atoms with E-state index < -0.39 is 7.60 Å². The Hall–Kier alpha value is -2.21. The van der Waals surface area contributed by atoms with Gasteiger partial charge in [-0.25, -0.2) is 0 Å². The molecule has 0 fully saturated rings. The Morgan fingerprint density at radius 1 is 1.03 bits per heavy atom. The zero-order valence-electron chi connectivity index (χ0n) is 16.9. The minimum atomic E-state index is -3.11. The minimum Gasteiger partial charge on any atom is -0.483 e. The highest BCUT2D eigenvalue weighted by Crippen LogP contribution is 2.48. The summed E-state index contributed by atoms with van der Waals surface area (Å²) < 4.78 is 28.6. The van der Waals surface area contributed by atoms with E-state index in [2.05, 4.69) is 4.98 Å². The van der Waals surface area contributed by atoms with Gasteiger partial charge in [-0.2, -0.15) is 0 Å². The molecular formula is C21H28NO6P. The molecule has 1 aromatic carbocycles. The van der Waals surface area contributed by atoms with E-state index in [9.17, 15) is 14.2 Å². The molecule has 2 aromatic rings. The Morgan fingerprint density at radius 2 is 1.72 bits per heavy atom. The quantitative estimate of drug-likeness (QED) is 0.289. The van der Waals surface area contributed by atoms with Crippen LogP contribution >= 0.6 is 7.60 Å². The zero-order valence-corrected chi connectivity index (χ0v) is 17.8. The summed E-state index contributed by atoms with van der Waals surface area (Å²) in [4.78, 5) is 27.7. The van der Waals surface area contributed by atoms with Crippen LogP contribution in [0.5, 0.6) is 5.75 Å². The van der Waals surface area contributed by atoms with Gasteiger partial charge in [0.2, 0.25) is 5.43 Å². The number of nitrogens with one attached hydrogen (secondary N) is 1. The van der Waals surface area contributed by atoms with Crippen LogP contribution in [0.4, 0.5) is 0 Å². The molecule has 1 aromatic heterocycles. The third kappa shape index (κ3) is 7.28.